The van der Waals surface area contributed by atoms with Gasteiger partial charge in [0.05, 0.1) is 5.41 Å². The first-order valence-corrected chi connectivity index (χ1v) is 6.52. The van der Waals surface area contributed by atoms with Crippen molar-refractivity contribution in [3.05, 3.63) is 46.2 Å². The fourth-order valence-electron chi connectivity index (χ4n) is 2.33. The summed E-state index contributed by atoms with van der Waals surface area (Å²) in [4.78, 5) is 4.35. The van der Waals surface area contributed by atoms with Gasteiger partial charge < -0.3 is 0 Å². The van der Waals surface area contributed by atoms with Gasteiger partial charge in [-0.15, -0.1) is 0 Å². The lowest BCUT2D eigenvalue weighted by molar-refractivity contribution is 0.288. The van der Waals surface area contributed by atoms with Gasteiger partial charge in [-0.25, -0.2) is 4.98 Å². The Bertz CT molecular complexity index is 491. The summed E-state index contributed by atoms with van der Waals surface area (Å²) in [5.41, 5.74) is 1.35. The van der Waals surface area contributed by atoms with E-state index in [4.69, 9.17) is 11.6 Å². The van der Waals surface area contributed by atoms with Crippen molar-refractivity contribution in [1.29, 1.82) is 0 Å². The summed E-state index contributed by atoms with van der Waals surface area (Å²) in [5.74, 6) is 0.903. The molecule has 16 heavy (non-hydrogen) atoms. The normalized spacial score (nSPS) is 18.1. The first-order chi connectivity index (χ1) is 7.81. The van der Waals surface area contributed by atoms with Gasteiger partial charge in [0.25, 0.3) is 0 Å². The number of hydrogen-bond donors (Lipinski definition) is 0. The molecule has 0 atom stereocenters. The van der Waals surface area contributed by atoms with Crippen LogP contribution in [0.15, 0.2) is 30.3 Å². The van der Waals surface area contributed by atoms with E-state index in [9.17, 15) is 0 Å². The van der Waals surface area contributed by atoms with Crippen molar-refractivity contribution in [3.8, 4) is 0 Å². The molecule has 4 heteroatoms. The van der Waals surface area contributed by atoms with Crippen molar-refractivity contribution in [3.63, 3.8) is 0 Å². The van der Waals surface area contributed by atoms with Gasteiger partial charge in [0.1, 0.15) is 0 Å². The van der Waals surface area contributed by atoms with E-state index in [2.05, 4.69) is 33.6 Å². The van der Waals surface area contributed by atoms with Crippen molar-refractivity contribution < 1.29 is 0 Å². The van der Waals surface area contributed by atoms with Crippen LogP contribution in [0.2, 0.25) is 4.47 Å². The third-order valence-electron chi connectivity index (χ3n) is 3.36. The summed E-state index contributed by atoms with van der Waals surface area (Å²) in [7, 11) is 0. The molecule has 2 nitrogen and oxygen atoms in total. The molecular formula is C12H11ClN2S. The van der Waals surface area contributed by atoms with Crippen molar-refractivity contribution in [2.24, 2.45) is 0 Å². The van der Waals surface area contributed by atoms with Crippen LogP contribution in [0.1, 0.15) is 30.7 Å². The van der Waals surface area contributed by atoms with Crippen LogP contribution in [-0.2, 0) is 5.41 Å². The van der Waals surface area contributed by atoms with Gasteiger partial charge in [-0.1, -0.05) is 36.8 Å². The Morgan fingerprint density at radius 3 is 2.44 bits per heavy atom. The molecule has 0 N–H and O–H groups in total. The highest BCUT2D eigenvalue weighted by atomic mass is 35.5. The number of rotatable bonds is 2. The minimum absolute atomic E-state index is 0.0326. The molecule has 0 amide bonds. The topological polar surface area (TPSA) is 25.8 Å². The summed E-state index contributed by atoms with van der Waals surface area (Å²) >= 11 is 7.16. The standard InChI is InChI=1S/C12H11ClN2S/c13-11-14-10(15-16-11)12(7-4-8-12)9-5-2-1-3-6-9/h1-3,5-6H,4,7-8H2. The molecule has 0 spiro atoms. The van der Waals surface area contributed by atoms with Gasteiger partial charge in [0.2, 0.25) is 4.47 Å². The minimum Gasteiger partial charge on any atom is -0.207 e. The van der Waals surface area contributed by atoms with E-state index in [1.165, 1.54) is 23.5 Å². The molecule has 1 aliphatic rings. The highest BCUT2D eigenvalue weighted by molar-refractivity contribution is 7.10. The third kappa shape index (κ3) is 1.46. The number of benzene rings is 1. The Morgan fingerprint density at radius 2 is 1.94 bits per heavy atom. The fraction of sp³-hybridized carbons (Fsp3) is 0.333. The smallest absolute Gasteiger partial charge is 0.203 e. The predicted octanol–water partition coefficient (Wildman–Crippen LogP) is 3.66. The monoisotopic (exact) mass is 250 g/mol. The number of nitrogens with zero attached hydrogens (tertiary/aromatic N) is 2. The van der Waals surface area contributed by atoms with Crippen molar-refractivity contribution in [2.75, 3.05) is 0 Å². The van der Waals surface area contributed by atoms with Crippen molar-refractivity contribution >= 4 is 23.1 Å². The predicted molar refractivity (Wildman–Crippen MR) is 66.0 cm³/mol. The average molecular weight is 251 g/mol. The molecule has 1 aromatic heterocycles. The number of halogens is 1. The molecule has 3 rings (SSSR count). The van der Waals surface area contributed by atoms with Gasteiger partial charge >= 0.3 is 0 Å². The van der Waals surface area contributed by atoms with Crippen molar-refractivity contribution in [2.45, 2.75) is 24.7 Å². The zero-order chi connectivity index (χ0) is 11.0. The Hall–Kier alpha value is -0.930. The van der Waals surface area contributed by atoms with Gasteiger partial charge in [-0.3, -0.25) is 0 Å². The maximum absolute atomic E-state index is 5.88. The van der Waals surface area contributed by atoms with Crippen LogP contribution in [0.5, 0.6) is 0 Å². The number of hydrogen-bond acceptors (Lipinski definition) is 3. The molecule has 2 aromatic rings. The molecule has 0 aliphatic heterocycles. The average Bonchev–Trinajstić information content (AvgIpc) is 2.65. The van der Waals surface area contributed by atoms with E-state index in [0.29, 0.717) is 4.47 Å². The molecule has 1 aliphatic carbocycles. The highest BCUT2D eigenvalue weighted by Crippen LogP contribution is 2.48. The van der Waals surface area contributed by atoms with Gasteiger partial charge in [0, 0.05) is 0 Å². The van der Waals surface area contributed by atoms with E-state index in [-0.39, 0.29) is 5.41 Å². The highest BCUT2D eigenvalue weighted by Gasteiger charge is 2.43. The lowest BCUT2D eigenvalue weighted by Crippen LogP contribution is -2.36. The summed E-state index contributed by atoms with van der Waals surface area (Å²) in [5, 5.41) is 0. The van der Waals surface area contributed by atoms with E-state index >= 15 is 0 Å². The molecule has 82 valence electrons. The molecule has 0 radical (unpaired) electrons. The summed E-state index contributed by atoms with van der Waals surface area (Å²) in [6.45, 7) is 0. The number of aromatic nitrogens is 2. The van der Waals surface area contributed by atoms with Crippen LogP contribution in [0.25, 0.3) is 0 Å². The summed E-state index contributed by atoms with van der Waals surface area (Å²) in [6, 6.07) is 10.5. The van der Waals surface area contributed by atoms with Crippen LogP contribution < -0.4 is 0 Å². The quantitative estimate of drug-likeness (QED) is 0.813. The first kappa shape index (κ1) is 10.2. The second kappa shape index (κ2) is 3.82. The fourth-order valence-corrected chi connectivity index (χ4v) is 3.02. The second-order valence-corrected chi connectivity index (χ2v) is 5.51. The van der Waals surface area contributed by atoms with Gasteiger partial charge in [-0.2, -0.15) is 4.37 Å². The van der Waals surface area contributed by atoms with E-state index < -0.39 is 0 Å². The Kier molecular flexibility index (Phi) is 2.45. The summed E-state index contributed by atoms with van der Waals surface area (Å²) < 4.78 is 4.92. The molecule has 0 bridgehead atoms. The Morgan fingerprint density at radius 1 is 1.19 bits per heavy atom. The lowest BCUT2D eigenvalue weighted by atomic mass is 9.64. The molecule has 1 heterocycles. The first-order valence-electron chi connectivity index (χ1n) is 5.36. The van der Waals surface area contributed by atoms with E-state index in [1.54, 1.807) is 0 Å². The lowest BCUT2D eigenvalue weighted by Gasteiger charge is -2.39. The molecule has 0 unspecified atom stereocenters. The van der Waals surface area contributed by atoms with E-state index in [1.807, 2.05) is 6.07 Å². The Balaban J connectivity index is 2.07. The van der Waals surface area contributed by atoms with Crippen LogP contribution in [0.3, 0.4) is 0 Å². The largest absolute Gasteiger partial charge is 0.207 e. The molecule has 1 saturated carbocycles. The molecular weight excluding hydrogens is 240 g/mol. The zero-order valence-electron chi connectivity index (χ0n) is 8.69. The van der Waals surface area contributed by atoms with Crippen LogP contribution in [-0.4, -0.2) is 9.36 Å². The Labute approximate surface area is 103 Å². The van der Waals surface area contributed by atoms with Gasteiger partial charge in [0.15, 0.2) is 5.82 Å². The minimum atomic E-state index is 0.0326. The van der Waals surface area contributed by atoms with Crippen LogP contribution in [0, 0.1) is 0 Å². The third-order valence-corrected chi connectivity index (χ3v) is 4.16. The molecule has 1 fully saturated rings. The van der Waals surface area contributed by atoms with Crippen LogP contribution >= 0.6 is 23.1 Å². The van der Waals surface area contributed by atoms with Crippen LogP contribution in [0.4, 0.5) is 0 Å². The maximum Gasteiger partial charge on any atom is 0.203 e. The SMILES string of the molecule is Clc1nc(C2(c3ccccc3)CCC2)ns1. The second-order valence-electron chi connectivity index (χ2n) is 4.17. The molecule has 0 saturated heterocycles. The van der Waals surface area contributed by atoms with E-state index in [0.717, 1.165) is 18.7 Å². The molecule has 1 aromatic carbocycles. The van der Waals surface area contributed by atoms with Gasteiger partial charge in [-0.05, 0) is 41.5 Å². The maximum atomic E-state index is 5.88. The zero-order valence-corrected chi connectivity index (χ0v) is 10.3. The summed E-state index contributed by atoms with van der Waals surface area (Å²) in [6.07, 6.45) is 3.50. The van der Waals surface area contributed by atoms with Crippen molar-refractivity contribution in [1.82, 2.24) is 9.36 Å².